The molecule has 2 rings (SSSR count). The largest absolute Gasteiger partial charge is 0.434 e. The first-order valence-electron chi connectivity index (χ1n) is 6.34. The van der Waals surface area contributed by atoms with Gasteiger partial charge in [-0.2, -0.15) is 26.3 Å². The van der Waals surface area contributed by atoms with Gasteiger partial charge in [-0.3, -0.25) is 0 Å². The average molecular weight is 326 g/mol. The Bertz CT molecular complexity index is 555. The second kappa shape index (κ2) is 6.01. The van der Waals surface area contributed by atoms with E-state index in [0.29, 0.717) is 25.9 Å². The van der Waals surface area contributed by atoms with Crippen molar-refractivity contribution in [3.05, 3.63) is 36.4 Å². The highest BCUT2D eigenvalue weighted by atomic mass is 19.4. The summed E-state index contributed by atoms with van der Waals surface area (Å²) >= 11 is 0. The molecule has 10 heteroatoms. The minimum Gasteiger partial charge on any atom is -0.337 e. The van der Waals surface area contributed by atoms with E-state index in [1.165, 1.54) is 9.13 Å². The molecule has 4 nitrogen and oxygen atoms in total. The highest BCUT2D eigenvalue weighted by molar-refractivity contribution is 5.02. The van der Waals surface area contributed by atoms with Crippen LogP contribution in [0.5, 0.6) is 0 Å². The fourth-order valence-corrected chi connectivity index (χ4v) is 1.85. The third-order valence-corrected chi connectivity index (χ3v) is 2.93. The molecule has 0 aromatic carbocycles. The molecule has 2 heterocycles. The van der Waals surface area contributed by atoms with Crippen molar-refractivity contribution in [2.45, 2.75) is 38.3 Å². The van der Waals surface area contributed by atoms with Gasteiger partial charge in [-0.05, 0) is 12.8 Å². The fourth-order valence-electron chi connectivity index (χ4n) is 1.85. The van der Waals surface area contributed by atoms with Crippen molar-refractivity contribution < 1.29 is 26.3 Å². The molecule has 0 aliphatic rings. The molecule has 0 unspecified atom stereocenters. The molecule has 0 spiro atoms. The van der Waals surface area contributed by atoms with Crippen molar-refractivity contribution in [2.75, 3.05) is 0 Å². The molecule has 22 heavy (non-hydrogen) atoms. The topological polar surface area (TPSA) is 35.6 Å². The standard InChI is InChI=1S/C12H12F6N4/c13-11(14,15)9-5-21(7-19-9)3-1-2-4-22-6-10(20-8-22)12(16,17)18/h5-8H,1-4H2. The van der Waals surface area contributed by atoms with Crippen LogP contribution < -0.4 is 0 Å². The first kappa shape index (κ1) is 16.4. The predicted molar refractivity (Wildman–Crippen MR) is 63.7 cm³/mol. The van der Waals surface area contributed by atoms with Crippen LogP contribution in [0.25, 0.3) is 0 Å². The van der Waals surface area contributed by atoms with Gasteiger partial charge < -0.3 is 9.13 Å². The second-order valence-electron chi connectivity index (χ2n) is 4.70. The van der Waals surface area contributed by atoms with Crippen molar-refractivity contribution in [2.24, 2.45) is 0 Å². The lowest BCUT2D eigenvalue weighted by Crippen LogP contribution is -2.05. The van der Waals surface area contributed by atoms with Crippen molar-refractivity contribution in [1.82, 2.24) is 19.1 Å². The van der Waals surface area contributed by atoms with E-state index in [9.17, 15) is 26.3 Å². The smallest absolute Gasteiger partial charge is 0.337 e. The lowest BCUT2D eigenvalue weighted by Gasteiger charge is -2.04. The van der Waals surface area contributed by atoms with Gasteiger partial charge in [-0.25, -0.2) is 9.97 Å². The number of rotatable bonds is 5. The van der Waals surface area contributed by atoms with Gasteiger partial charge in [0.2, 0.25) is 0 Å². The van der Waals surface area contributed by atoms with E-state index < -0.39 is 23.7 Å². The Balaban J connectivity index is 1.78. The number of halogens is 6. The molecule has 0 aliphatic heterocycles. The van der Waals surface area contributed by atoms with E-state index in [1.807, 2.05) is 0 Å². The highest BCUT2D eigenvalue weighted by Crippen LogP contribution is 2.28. The molecule has 0 saturated heterocycles. The van der Waals surface area contributed by atoms with Crippen molar-refractivity contribution >= 4 is 0 Å². The molecule has 0 bridgehead atoms. The van der Waals surface area contributed by atoms with Gasteiger partial charge >= 0.3 is 12.4 Å². The fraction of sp³-hybridized carbons (Fsp3) is 0.500. The monoisotopic (exact) mass is 326 g/mol. The van der Waals surface area contributed by atoms with Crippen LogP contribution in [0.3, 0.4) is 0 Å². The summed E-state index contributed by atoms with van der Waals surface area (Å²) in [6.07, 6.45) is -3.96. The Morgan fingerprint density at radius 3 is 1.36 bits per heavy atom. The minimum atomic E-state index is -4.48. The number of aromatic nitrogens is 4. The number of nitrogens with zero attached hydrogens (tertiary/aromatic N) is 4. The zero-order valence-electron chi connectivity index (χ0n) is 11.2. The molecule has 0 radical (unpaired) electrons. The van der Waals surface area contributed by atoms with Crippen molar-refractivity contribution in [1.29, 1.82) is 0 Å². The van der Waals surface area contributed by atoms with Crippen LogP contribution >= 0.6 is 0 Å². The number of imidazole rings is 2. The second-order valence-corrected chi connectivity index (χ2v) is 4.70. The summed E-state index contributed by atoms with van der Waals surface area (Å²) in [5.41, 5.74) is -1.92. The molecule has 2 aromatic heterocycles. The quantitative estimate of drug-likeness (QED) is 0.622. The highest BCUT2D eigenvalue weighted by Gasteiger charge is 2.34. The van der Waals surface area contributed by atoms with Gasteiger partial charge in [0.1, 0.15) is 0 Å². The first-order chi connectivity index (χ1) is 10.2. The van der Waals surface area contributed by atoms with Gasteiger partial charge in [0.25, 0.3) is 0 Å². The summed E-state index contributed by atoms with van der Waals surface area (Å²) in [5, 5.41) is 0. The zero-order chi connectivity index (χ0) is 16.4. The zero-order valence-corrected chi connectivity index (χ0v) is 11.2. The van der Waals surface area contributed by atoms with Gasteiger partial charge in [-0.1, -0.05) is 0 Å². The number of aryl methyl sites for hydroxylation is 2. The Labute approximate surface area is 121 Å². The van der Waals surface area contributed by atoms with Crippen LogP contribution in [0.4, 0.5) is 26.3 Å². The lowest BCUT2D eigenvalue weighted by atomic mass is 10.3. The van der Waals surface area contributed by atoms with E-state index >= 15 is 0 Å². The number of unbranched alkanes of at least 4 members (excludes halogenated alkanes) is 1. The summed E-state index contributed by atoms with van der Waals surface area (Å²) in [6.45, 7) is 0.619. The SMILES string of the molecule is FC(F)(F)c1cn(CCCCn2cnc(C(F)(F)F)c2)cn1. The van der Waals surface area contributed by atoms with Gasteiger partial charge in [0.05, 0.1) is 12.7 Å². The predicted octanol–water partition coefficient (Wildman–Crippen LogP) is 3.60. The number of alkyl halides is 6. The van der Waals surface area contributed by atoms with Crippen LogP contribution in [-0.4, -0.2) is 19.1 Å². The van der Waals surface area contributed by atoms with E-state index in [2.05, 4.69) is 9.97 Å². The molecular weight excluding hydrogens is 314 g/mol. The molecule has 0 aliphatic carbocycles. The van der Waals surface area contributed by atoms with E-state index in [-0.39, 0.29) is 0 Å². The summed E-state index contributed by atoms with van der Waals surface area (Å²) in [5.74, 6) is 0. The molecule has 122 valence electrons. The van der Waals surface area contributed by atoms with Crippen LogP contribution in [-0.2, 0) is 25.4 Å². The lowest BCUT2D eigenvalue weighted by molar-refractivity contribution is -0.141. The molecule has 0 fully saturated rings. The molecular formula is C12H12F6N4. The molecule has 0 N–H and O–H groups in total. The third kappa shape index (κ3) is 4.25. The van der Waals surface area contributed by atoms with Crippen molar-refractivity contribution in [3.63, 3.8) is 0 Å². The summed E-state index contributed by atoms with van der Waals surface area (Å²) < 4.78 is 76.6. The van der Waals surface area contributed by atoms with Crippen LogP contribution in [0.1, 0.15) is 24.2 Å². The normalized spacial score (nSPS) is 12.8. The van der Waals surface area contributed by atoms with E-state index in [4.69, 9.17) is 0 Å². The molecule has 0 atom stereocenters. The number of hydrogen-bond donors (Lipinski definition) is 0. The van der Waals surface area contributed by atoms with Crippen LogP contribution in [0.2, 0.25) is 0 Å². The third-order valence-electron chi connectivity index (χ3n) is 2.93. The van der Waals surface area contributed by atoms with Gasteiger partial charge in [0.15, 0.2) is 11.4 Å². The Morgan fingerprint density at radius 2 is 1.09 bits per heavy atom. The van der Waals surface area contributed by atoms with Gasteiger partial charge in [0, 0.05) is 25.5 Å². The maximum atomic E-state index is 12.3. The summed E-state index contributed by atoms with van der Waals surface area (Å²) in [6, 6.07) is 0. The molecule has 0 amide bonds. The van der Waals surface area contributed by atoms with Crippen LogP contribution in [0, 0.1) is 0 Å². The Kier molecular flexibility index (Phi) is 4.47. The first-order valence-corrected chi connectivity index (χ1v) is 6.34. The van der Waals surface area contributed by atoms with Crippen molar-refractivity contribution in [3.8, 4) is 0 Å². The summed E-state index contributed by atoms with van der Waals surface area (Å²) in [4.78, 5) is 6.50. The maximum absolute atomic E-state index is 12.3. The Morgan fingerprint density at radius 1 is 0.727 bits per heavy atom. The van der Waals surface area contributed by atoms with Crippen LogP contribution in [0.15, 0.2) is 25.0 Å². The average Bonchev–Trinajstić information content (AvgIpc) is 3.02. The summed E-state index contributed by atoms with van der Waals surface area (Å²) in [7, 11) is 0. The molecule has 0 saturated carbocycles. The minimum absolute atomic E-state index is 0.309. The molecule has 2 aromatic rings. The Hall–Kier alpha value is -2.00. The maximum Gasteiger partial charge on any atom is 0.434 e. The van der Waals surface area contributed by atoms with Gasteiger partial charge in [-0.15, -0.1) is 0 Å². The van der Waals surface area contributed by atoms with E-state index in [1.54, 1.807) is 0 Å². The van der Waals surface area contributed by atoms with E-state index in [0.717, 1.165) is 25.0 Å². The number of hydrogen-bond acceptors (Lipinski definition) is 2.